The molecule has 5 heteroatoms. The van der Waals surface area contributed by atoms with Crippen molar-refractivity contribution in [1.82, 2.24) is 4.98 Å². The maximum absolute atomic E-state index is 12.0. The third-order valence-corrected chi connectivity index (χ3v) is 2.91. The molecule has 0 amide bonds. The molecule has 2 N–H and O–H groups in total. The van der Waals surface area contributed by atoms with Gasteiger partial charge in [0.15, 0.2) is 0 Å². The fraction of sp³-hybridized carbons (Fsp3) is 0.200. The number of pyridine rings is 1. The van der Waals surface area contributed by atoms with Crippen molar-refractivity contribution < 1.29 is 9.53 Å². The highest BCUT2D eigenvalue weighted by molar-refractivity contribution is 5.97. The molecule has 0 spiro atoms. The Morgan fingerprint density at radius 1 is 1.40 bits per heavy atom. The van der Waals surface area contributed by atoms with Gasteiger partial charge in [-0.3, -0.25) is 4.98 Å². The van der Waals surface area contributed by atoms with E-state index in [1.54, 1.807) is 37.5 Å². The van der Waals surface area contributed by atoms with Crippen LogP contribution in [0, 0.1) is 0 Å². The van der Waals surface area contributed by atoms with Gasteiger partial charge in [-0.25, -0.2) is 4.79 Å². The number of carbonyl (C=O) groups excluding carboxylic acids is 1. The first kappa shape index (κ1) is 13.9. The van der Waals surface area contributed by atoms with Crippen molar-refractivity contribution in [3.8, 4) is 0 Å². The van der Waals surface area contributed by atoms with Crippen LogP contribution in [0.3, 0.4) is 0 Å². The predicted octanol–water partition coefficient (Wildman–Crippen LogP) is 2.61. The summed E-state index contributed by atoms with van der Waals surface area (Å²) < 4.78 is 5.07. The van der Waals surface area contributed by atoms with E-state index in [4.69, 9.17) is 10.5 Å². The van der Waals surface area contributed by atoms with Crippen molar-refractivity contribution in [2.45, 2.75) is 6.92 Å². The van der Waals surface area contributed by atoms with E-state index in [9.17, 15) is 4.79 Å². The number of benzene rings is 1. The molecule has 0 aliphatic carbocycles. The molecule has 0 atom stereocenters. The lowest BCUT2D eigenvalue weighted by molar-refractivity contribution is 0.0527. The van der Waals surface area contributed by atoms with E-state index in [-0.39, 0.29) is 5.97 Å². The molecule has 0 aliphatic rings. The van der Waals surface area contributed by atoms with E-state index in [2.05, 4.69) is 4.98 Å². The van der Waals surface area contributed by atoms with E-state index >= 15 is 0 Å². The zero-order valence-electron chi connectivity index (χ0n) is 11.5. The molecule has 2 rings (SSSR count). The summed E-state index contributed by atoms with van der Waals surface area (Å²) in [4.78, 5) is 18.0. The number of esters is 1. The molecule has 0 bridgehead atoms. The van der Waals surface area contributed by atoms with Gasteiger partial charge in [-0.2, -0.15) is 0 Å². The summed E-state index contributed by atoms with van der Waals surface area (Å²) >= 11 is 0. The van der Waals surface area contributed by atoms with Crippen LogP contribution in [0.2, 0.25) is 0 Å². The number of rotatable bonds is 4. The van der Waals surface area contributed by atoms with E-state index < -0.39 is 0 Å². The van der Waals surface area contributed by atoms with Crippen molar-refractivity contribution in [1.29, 1.82) is 0 Å². The van der Waals surface area contributed by atoms with E-state index in [1.807, 2.05) is 24.1 Å². The minimum absolute atomic E-state index is 0.323. The highest BCUT2D eigenvalue weighted by Gasteiger charge is 2.16. The van der Waals surface area contributed by atoms with E-state index in [0.29, 0.717) is 17.9 Å². The molecule has 1 aromatic heterocycles. The number of nitrogen functional groups attached to an aromatic ring is 1. The number of hydrogen-bond acceptors (Lipinski definition) is 5. The largest absolute Gasteiger partial charge is 0.462 e. The van der Waals surface area contributed by atoms with Crippen LogP contribution in [-0.4, -0.2) is 24.6 Å². The highest BCUT2D eigenvalue weighted by Crippen LogP contribution is 2.28. The SMILES string of the molecule is CCOC(=O)c1cc(N)ccc1N(C)c1cccnc1. The Bertz CT molecular complexity index is 599. The summed E-state index contributed by atoms with van der Waals surface area (Å²) in [5, 5.41) is 0. The van der Waals surface area contributed by atoms with Crippen molar-refractivity contribution in [2.75, 3.05) is 24.3 Å². The maximum Gasteiger partial charge on any atom is 0.340 e. The number of nitrogens with two attached hydrogens (primary N) is 1. The topological polar surface area (TPSA) is 68.5 Å². The van der Waals surface area contributed by atoms with Gasteiger partial charge in [-0.1, -0.05) is 0 Å². The first-order chi connectivity index (χ1) is 9.63. The fourth-order valence-corrected chi connectivity index (χ4v) is 1.91. The number of ether oxygens (including phenoxy) is 1. The number of carbonyl (C=O) groups is 1. The number of anilines is 3. The van der Waals surface area contributed by atoms with Gasteiger partial charge in [0.05, 0.1) is 29.7 Å². The Hall–Kier alpha value is -2.56. The van der Waals surface area contributed by atoms with Crippen molar-refractivity contribution in [3.05, 3.63) is 48.3 Å². The summed E-state index contributed by atoms with van der Waals surface area (Å²) in [6, 6.07) is 8.94. The van der Waals surface area contributed by atoms with Crippen LogP contribution in [-0.2, 0) is 4.74 Å². The summed E-state index contributed by atoms with van der Waals surface area (Å²) in [5.74, 6) is -0.384. The molecular weight excluding hydrogens is 254 g/mol. The first-order valence-electron chi connectivity index (χ1n) is 6.34. The van der Waals surface area contributed by atoms with E-state index in [0.717, 1.165) is 11.4 Å². The average Bonchev–Trinajstić information content (AvgIpc) is 2.47. The molecule has 2 aromatic rings. The zero-order valence-corrected chi connectivity index (χ0v) is 11.5. The third kappa shape index (κ3) is 2.88. The van der Waals surface area contributed by atoms with Crippen LogP contribution < -0.4 is 10.6 Å². The fourth-order valence-electron chi connectivity index (χ4n) is 1.91. The molecular formula is C15H17N3O2. The van der Waals surface area contributed by atoms with E-state index in [1.165, 1.54) is 0 Å². The summed E-state index contributed by atoms with van der Waals surface area (Å²) in [7, 11) is 1.87. The van der Waals surface area contributed by atoms with Crippen LogP contribution in [0.25, 0.3) is 0 Å². The van der Waals surface area contributed by atoms with Crippen molar-refractivity contribution in [3.63, 3.8) is 0 Å². The normalized spacial score (nSPS) is 10.1. The van der Waals surface area contributed by atoms with Gasteiger partial charge in [0.1, 0.15) is 0 Å². The first-order valence-corrected chi connectivity index (χ1v) is 6.34. The van der Waals surface area contributed by atoms with Gasteiger partial charge in [0, 0.05) is 18.9 Å². The average molecular weight is 271 g/mol. The zero-order chi connectivity index (χ0) is 14.5. The molecule has 0 saturated heterocycles. The lowest BCUT2D eigenvalue weighted by Crippen LogP contribution is -2.16. The smallest absolute Gasteiger partial charge is 0.340 e. The molecule has 1 aromatic carbocycles. The number of aromatic nitrogens is 1. The van der Waals surface area contributed by atoms with Crippen LogP contribution in [0.1, 0.15) is 17.3 Å². The van der Waals surface area contributed by atoms with Crippen LogP contribution in [0.4, 0.5) is 17.1 Å². The standard InChI is InChI=1S/C15H17N3O2/c1-3-20-15(19)13-9-11(16)6-7-14(13)18(2)12-5-4-8-17-10-12/h4-10H,3,16H2,1-2H3. The predicted molar refractivity (Wildman–Crippen MR) is 79.1 cm³/mol. The second kappa shape index (κ2) is 6.06. The summed E-state index contributed by atoms with van der Waals surface area (Å²) in [6.45, 7) is 2.10. The lowest BCUT2D eigenvalue weighted by Gasteiger charge is -2.21. The van der Waals surface area contributed by atoms with Crippen molar-refractivity contribution >= 4 is 23.0 Å². The summed E-state index contributed by atoms with van der Waals surface area (Å²) in [6.07, 6.45) is 3.43. The number of hydrogen-bond donors (Lipinski definition) is 1. The maximum atomic E-state index is 12.0. The Kier molecular flexibility index (Phi) is 4.20. The van der Waals surface area contributed by atoms with Gasteiger partial charge in [-0.05, 0) is 37.3 Å². The molecule has 0 radical (unpaired) electrons. The Morgan fingerprint density at radius 3 is 2.85 bits per heavy atom. The Labute approximate surface area is 118 Å². The van der Waals surface area contributed by atoms with Gasteiger partial charge < -0.3 is 15.4 Å². The molecule has 0 unspecified atom stereocenters. The molecule has 104 valence electrons. The molecule has 0 aliphatic heterocycles. The van der Waals surface area contributed by atoms with Crippen molar-refractivity contribution in [2.24, 2.45) is 0 Å². The Balaban J connectivity index is 2.43. The quantitative estimate of drug-likeness (QED) is 0.684. The van der Waals surface area contributed by atoms with Gasteiger partial charge in [0.25, 0.3) is 0 Å². The minimum Gasteiger partial charge on any atom is -0.462 e. The molecule has 0 saturated carbocycles. The monoisotopic (exact) mass is 271 g/mol. The van der Waals surface area contributed by atoms with Gasteiger partial charge in [0.2, 0.25) is 0 Å². The second-order valence-corrected chi connectivity index (χ2v) is 4.27. The van der Waals surface area contributed by atoms with Crippen LogP contribution in [0.15, 0.2) is 42.7 Å². The summed E-state index contributed by atoms with van der Waals surface area (Å²) in [5.41, 5.74) is 8.33. The second-order valence-electron chi connectivity index (χ2n) is 4.27. The molecule has 5 nitrogen and oxygen atoms in total. The molecule has 1 heterocycles. The Morgan fingerprint density at radius 2 is 2.20 bits per heavy atom. The van der Waals surface area contributed by atoms with Gasteiger partial charge in [-0.15, -0.1) is 0 Å². The van der Waals surface area contributed by atoms with Crippen LogP contribution in [0.5, 0.6) is 0 Å². The third-order valence-electron chi connectivity index (χ3n) is 2.91. The minimum atomic E-state index is -0.384. The lowest BCUT2D eigenvalue weighted by atomic mass is 10.1. The van der Waals surface area contributed by atoms with Gasteiger partial charge >= 0.3 is 5.97 Å². The highest BCUT2D eigenvalue weighted by atomic mass is 16.5. The number of nitrogens with zero attached hydrogens (tertiary/aromatic N) is 2. The molecule has 20 heavy (non-hydrogen) atoms. The van der Waals surface area contributed by atoms with Crippen LogP contribution >= 0.6 is 0 Å². The molecule has 0 fully saturated rings.